The second kappa shape index (κ2) is 8.44. The zero-order chi connectivity index (χ0) is 18.5. The Hall–Kier alpha value is -2.22. The minimum Gasteiger partial charge on any atom is -0.467 e. The van der Waals surface area contributed by atoms with Crippen LogP contribution in [-0.2, 0) is 6.54 Å². The summed E-state index contributed by atoms with van der Waals surface area (Å²) in [6.45, 7) is 0.939. The third-order valence-electron chi connectivity index (χ3n) is 4.73. The highest BCUT2D eigenvalue weighted by molar-refractivity contribution is 5.93. The maximum Gasteiger partial charge on any atom is 0.256 e. The predicted octanol–water partition coefficient (Wildman–Crippen LogP) is 2.34. The van der Waals surface area contributed by atoms with E-state index in [4.69, 9.17) is 10.2 Å². The van der Waals surface area contributed by atoms with E-state index in [0.29, 0.717) is 23.9 Å². The molecule has 1 aromatic heterocycles. The topological polar surface area (TPSA) is 83.5 Å². The number of halogens is 1. The monoisotopic (exact) mass is 360 g/mol. The van der Waals surface area contributed by atoms with Crippen molar-refractivity contribution >= 4 is 5.91 Å². The van der Waals surface area contributed by atoms with Crippen molar-refractivity contribution in [2.24, 2.45) is 5.73 Å². The number of nitrogens with two attached hydrogens (primary N) is 1. The zero-order valence-corrected chi connectivity index (χ0v) is 14.9. The predicted molar refractivity (Wildman–Crippen MR) is 96.6 cm³/mol. The van der Waals surface area contributed by atoms with Crippen LogP contribution in [0.15, 0.2) is 41.0 Å². The highest BCUT2D eigenvalue weighted by atomic mass is 19.1. The molecule has 0 aliphatic carbocycles. The molecule has 2 heterocycles. The average Bonchev–Trinajstić information content (AvgIpc) is 3.30. The Morgan fingerprint density at radius 1 is 1.38 bits per heavy atom. The van der Waals surface area contributed by atoms with Crippen LogP contribution in [0.5, 0.6) is 0 Å². The van der Waals surface area contributed by atoms with Crippen LogP contribution in [0.1, 0.15) is 47.0 Å². The zero-order valence-electron chi connectivity index (χ0n) is 14.9. The van der Waals surface area contributed by atoms with Gasteiger partial charge in [0.1, 0.15) is 17.8 Å². The number of amides is 1. The third-order valence-corrected chi connectivity index (χ3v) is 4.73. The molecule has 0 bridgehead atoms. The van der Waals surface area contributed by atoms with Gasteiger partial charge in [0, 0.05) is 25.7 Å². The lowest BCUT2D eigenvalue weighted by Gasteiger charge is -2.17. The van der Waals surface area contributed by atoms with Crippen molar-refractivity contribution in [2.75, 3.05) is 13.6 Å². The lowest BCUT2D eigenvalue weighted by atomic mass is 9.99. The smallest absolute Gasteiger partial charge is 0.256 e. The van der Waals surface area contributed by atoms with Gasteiger partial charge in [0.25, 0.3) is 5.91 Å². The minimum atomic E-state index is -0.218. The number of carbonyl (C=O) groups is 1. The van der Waals surface area contributed by atoms with E-state index in [9.17, 15) is 9.18 Å². The summed E-state index contributed by atoms with van der Waals surface area (Å²) in [5.74, 6) is 0.319. The first-order valence-electron chi connectivity index (χ1n) is 8.86. The molecule has 2 atom stereocenters. The molecule has 1 fully saturated rings. The standard InChI is InChI=1S/C19H25FN4O2/c1-24(19(25)14-9-17(11-21)26-12-14)7-3-6-16-10-18(23-22-16)13-4-2-5-15(20)8-13/h2,4-5,8-9,12,16,18,22-23H,3,6-7,10-11,21H2,1H3. The molecule has 1 amide bonds. The number of furan rings is 1. The van der Waals surface area contributed by atoms with Gasteiger partial charge in [-0.05, 0) is 43.0 Å². The van der Waals surface area contributed by atoms with Crippen LogP contribution in [0.4, 0.5) is 4.39 Å². The average molecular weight is 360 g/mol. The number of hydrazine groups is 1. The first-order valence-corrected chi connectivity index (χ1v) is 8.86. The number of nitrogens with one attached hydrogen (secondary N) is 2. The molecule has 2 aromatic rings. The summed E-state index contributed by atoms with van der Waals surface area (Å²) in [5, 5.41) is 0. The summed E-state index contributed by atoms with van der Waals surface area (Å²) in [6.07, 6.45) is 4.14. The number of hydrogen-bond donors (Lipinski definition) is 3. The van der Waals surface area contributed by atoms with Gasteiger partial charge in [-0.15, -0.1) is 0 Å². The number of carbonyl (C=O) groups excluding carboxylic acids is 1. The van der Waals surface area contributed by atoms with E-state index in [2.05, 4.69) is 10.9 Å². The fourth-order valence-electron chi connectivity index (χ4n) is 3.25. The van der Waals surface area contributed by atoms with Gasteiger partial charge >= 0.3 is 0 Å². The first kappa shape index (κ1) is 18.6. The molecule has 1 aliphatic rings. The van der Waals surface area contributed by atoms with Crippen LogP contribution in [0, 0.1) is 5.82 Å². The van der Waals surface area contributed by atoms with Crippen molar-refractivity contribution in [3.8, 4) is 0 Å². The van der Waals surface area contributed by atoms with E-state index in [1.54, 1.807) is 30.1 Å². The van der Waals surface area contributed by atoms with Crippen LogP contribution in [0.2, 0.25) is 0 Å². The van der Waals surface area contributed by atoms with Crippen molar-refractivity contribution in [3.63, 3.8) is 0 Å². The summed E-state index contributed by atoms with van der Waals surface area (Å²) in [7, 11) is 1.79. The van der Waals surface area contributed by atoms with Crippen LogP contribution in [0.3, 0.4) is 0 Å². The van der Waals surface area contributed by atoms with Crippen LogP contribution in [0.25, 0.3) is 0 Å². The summed E-state index contributed by atoms with van der Waals surface area (Å²) >= 11 is 0. The molecule has 0 radical (unpaired) electrons. The van der Waals surface area contributed by atoms with Gasteiger partial charge in [0.05, 0.1) is 12.1 Å². The molecule has 1 aromatic carbocycles. The molecule has 1 aliphatic heterocycles. The Bertz CT molecular complexity index is 749. The molecular formula is C19H25FN4O2. The summed E-state index contributed by atoms with van der Waals surface area (Å²) in [6, 6.07) is 8.76. The molecule has 26 heavy (non-hydrogen) atoms. The molecule has 1 saturated heterocycles. The van der Waals surface area contributed by atoms with Gasteiger partial charge in [0.15, 0.2) is 0 Å². The Labute approximate surface area is 152 Å². The van der Waals surface area contributed by atoms with Crippen molar-refractivity contribution in [1.29, 1.82) is 0 Å². The van der Waals surface area contributed by atoms with Crippen molar-refractivity contribution in [1.82, 2.24) is 15.8 Å². The maximum absolute atomic E-state index is 13.3. The summed E-state index contributed by atoms with van der Waals surface area (Å²) in [5.41, 5.74) is 13.5. The highest BCUT2D eigenvalue weighted by Gasteiger charge is 2.25. The van der Waals surface area contributed by atoms with Crippen molar-refractivity contribution in [3.05, 3.63) is 59.3 Å². The molecule has 2 unspecified atom stereocenters. The van der Waals surface area contributed by atoms with Gasteiger partial charge in [-0.3, -0.25) is 15.6 Å². The SMILES string of the molecule is CN(CCCC1CC(c2cccc(F)c2)NN1)C(=O)c1coc(CN)c1. The van der Waals surface area contributed by atoms with E-state index in [1.165, 1.54) is 12.3 Å². The Morgan fingerprint density at radius 3 is 2.96 bits per heavy atom. The quantitative estimate of drug-likeness (QED) is 0.706. The van der Waals surface area contributed by atoms with Crippen LogP contribution >= 0.6 is 0 Å². The van der Waals surface area contributed by atoms with E-state index in [0.717, 1.165) is 24.8 Å². The van der Waals surface area contributed by atoms with E-state index >= 15 is 0 Å². The lowest BCUT2D eigenvalue weighted by molar-refractivity contribution is 0.0791. The highest BCUT2D eigenvalue weighted by Crippen LogP contribution is 2.24. The molecule has 0 spiro atoms. The first-order chi connectivity index (χ1) is 12.6. The van der Waals surface area contributed by atoms with E-state index < -0.39 is 0 Å². The molecule has 4 N–H and O–H groups in total. The summed E-state index contributed by atoms with van der Waals surface area (Å²) in [4.78, 5) is 14.0. The molecule has 140 valence electrons. The fourth-order valence-corrected chi connectivity index (χ4v) is 3.25. The number of benzene rings is 1. The molecule has 0 saturated carbocycles. The fraction of sp³-hybridized carbons (Fsp3) is 0.421. The van der Waals surface area contributed by atoms with Crippen LogP contribution in [-0.4, -0.2) is 30.4 Å². The van der Waals surface area contributed by atoms with Gasteiger partial charge in [-0.1, -0.05) is 12.1 Å². The third kappa shape index (κ3) is 4.49. The normalized spacial score (nSPS) is 19.7. The van der Waals surface area contributed by atoms with Gasteiger partial charge < -0.3 is 15.1 Å². The number of hydrogen-bond acceptors (Lipinski definition) is 5. The van der Waals surface area contributed by atoms with E-state index in [1.807, 2.05) is 6.07 Å². The van der Waals surface area contributed by atoms with Gasteiger partial charge in [-0.2, -0.15) is 0 Å². The molecular weight excluding hydrogens is 335 g/mol. The largest absolute Gasteiger partial charge is 0.467 e. The van der Waals surface area contributed by atoms with Gasteiger partial charge in [0.2, 0.25) is 0 Å². The second-order valence-electron chi connectivity index (χ2n) is 6.70. The Kier molecular flexibility index (Phi) is 6.03. The van der Waals surface area contributed by atoms with E-state index in [-0.39, 0.29) is 24.3 Å². The Morgan fingerprint density at radius 2 is 2.23 bits per heavy atom. The minimum absolute atomic E-state index is 0.0661. The maximum atomic E-state index is 13.3. The van der Waals surface area contributed by atoms with Crippen LogP contribution < -0.4 is 16.6 Å². The molecule has 3 rings (SSSR count). The Balaban J connectivity index is 1.43. The lowest BCUT2D eigenvalue weighted by Crippen LogP contribution is -2.32. The van der Waals surface area contributed by atoms with Crippen molar-refractivity contribution < 1.29 is 13.6 Å². The second-order valence-corrected chi connectivity index (χ2v) is 6.70. The molecule has 6 nitrogen and oxygen atoms in total. The summed E-state index contributed by atoms with van der Waals surface area (Å²) < 4.78 is 18.6. The number of nitrogens with zero attached hydrogens (tertiary/aromatic N) is 1. The molecule has 7 heteroatoms. The van der Waals surface area contributed by atoms with Crippen molar-refractivity contribution in [2.45, 2.75) is 37.9 Å². The van der Waals surface area contributed by atoms with Gasteiger partial charge in [-0.25, -0.2) is 4.39 Å². The number of rotatable bonds is 7.